The molecule has 0 aliphatic rings. The monoisotopic (exact) mass is 410 g/mol. The lowest BCUT2D eigenvalue weighted by atomic mass is 10.0. The Morgan fingerprint density at radius 3 is 2.41 bits per heavy atom. The summed E-state index contributed by atoms with van der Waals surface area (Å²) in [6, 6.07) is 2.23. The number of carbonyl (C=O) groups is 2. The number of esters is 1. The molecule has 1 N–H and O–H groups in total. The van der Waals surface area contributed by atoms with Gasteiger partial charge in [0.05, 0.1) is 24.7 Å². The van der Waals surface area contributed by atoms with Gasteiger partial charge in [0, 0.05) is 12.1 Å². The fourth-order valence-electron chi connectivity index (χ4n) is 2.72. The van der Waals surface area contributed by atoms with Crippen LogP contribution in [0.4, 0.5) is 5.69 Å². The van der Waals surface area contributed by atoms with Gasteiger partial charge >= 0.3 is 5.97 Å². The van der Waals surface area contributed by atoms with Gasteiger partial charge in [-0.15, -0.1) is 0 Å². The molecule has 0 spiro atoms. The van der Waals surface area contributed by atoms with Crippen molar-refractivity contribution in [1.82, 2.24) is 5.32 Å². The first-order chi connectivity index (χ1) is 13.7. The number of ether oxygens (including phenoxy) is 3. The molecule has 0 bridgehead atoms. The van der Waals surface area contributed by atoms with E-state index in [-0.39, 0.29) is 29.7 Å². The zero-order valence-electron chi connectivity index (χ0n) is 17.6. The SMILES string of the molecule is CCOc1cc([N+](=O)[O-])c(C(=O)OCC(=O)NC(C)CCCC(C)C)cc1OC. The van der Waals surface area contributed by atoms with E-state index >= 15 is 0 Å². The van der Waals surface area contributed by atoms with E-state index < -0.39 is 29.1 Å². The number of methoxy groups -OCH3 is 1. The first-order valence-corrected chi connectivity index (χ1v) is 9.65. The molecular weight excluding hydrogens is 380 g/mol. The lowest BCUT2D eigenvalue weighted by Gasteiger charge is -2.15. The number of hydrogen-bond acceptors (Lipinski definition) is 7. The topological polar surface area (TPSA) is 117 Å². The first-order valence-electron chi connectivity index (χ1n) is 9.65. The molecule has 162 valence electrons. The minimum absolute atomic E-state index is 0.0557. The predicted molar refractivity (Wildman–Crippen MR) is 107 cm³/mol. The van der Waals surface area contributed by atoms with E-state index in [4.69, 9.17) is 14.2 Å². The Hall–Kier alpha value is -2.84. The summed E-state index contributed by atoms with van der Waals surface area (Å²) in [5, 5.41) is 14.1. The number of nitro groups is 1. The summed E-state index contributed by atoms with van der Waals surface area (Å²) in [6.07, 6.45) is 2.87. The largest absolute Gasteiger partial charge is 0.493 e. The van der Waals surface area contributed by atoms with Crippen molar-refractivity contribution in [3.63, 3.8) is 0 Å². The quantitative estimate of drug-likeness (QED) is 0.318. The van der Waals surface area contributed by atoms with Gasteiger partial charge in [-0.2, -0.15) is 0 Å². The zero-order chi connectivity index (χ0) is 22.0. The van der Waals surface area contributed by atoms with Crippen molar-refractivity contribution in [2.75, 3.05) is 20.3 Å². The highest BCUT2D eigenvalue weighted by Crippen LogP contribution is 2.35. The smallest absolute Gasteiger partial charge is 0.345 e. The van der Waals surface area contributed by atoms with Crippen LogP contribution in [0.3, 0.4) is 0 Å². The second-order valence-corrected chi connectivity index (χ2v) is 7.08. The van der Waals surface area contributed by atoms with Gasteiger partial charge in [-0.1, -0.05) is 26.7 Å². The molecule has 1 atom stereocenters. The van der Waals surface area contributed by atoms with Crippen LogP contribution < -0.4 is 14.8 Å². The van der Waals surface area contributed by atoms with Gasteiger partial charge in [0.15, 0.2) is 18.1 Å². The molecule has 1 unspecified atom stereocenters. The normalized spacial score (nSPS) is 11.7. The standard InChI is InChI=1S/C20H30N2O7/c1-6-28-18-11-16(22(25)26)15(10-17(18)27-5)20(24)29-12-19(23)21-14(4)9-7-8-13(2)3/h10-11,13-14H,6-9,12H2,1-5H3,(H,21,23). The average Bonchev–Trinajstić information content (AvgIpc) is 2.65. The number of nitrogens with zero attached hydrogens (tertiary/aromatic N) is 1. The van der Waals surface area contributed by atoms with Gasteiger partial charge < -0.3 is 19.5 Å². The number of amides is 1. The number of nitro benzene ring substituents is 1. The van der Waals surface area contributed by atoms with E-state index in [9.17, 15) is 19.7 Å². The van der Waals surface area contributed by atoms with Crippen LogP contribution in [0.2, 0.25) is 0 Å². The third-order valence-corrected chi connectivity index (χ3v) is 4.16. The van der Waals surface area contributed by atoms with Crippen LogP contribution in [-0.2, 0) is 9.53 Å². The second kappa shape index (κ2) is 11.9. The third-order valence-electron chi connectivity index (χ3n) is 4.16. The average molecular weight is 410 g/mol. The van der Waals surface area contributed by atoms with Crippen LogP contribution in [0.5, 0.6) is 11.5 Å². The van der Waals surface area contributed by atoms with Gasteiger partial charge in [-0.25, -0.2) is 4.79 Å². The van der Waals surface area contributed by atoms with E-state index in [0.29, 0.717) is 5.92 Å². The van der Waals surface area contributed by atoms with Crippen LogP contribution in [0, 0.1) is 16.0 Å². The Bertz CT molecular complexity index is 719. The second-order valence-electron chi connectivity index (χ2n) is 7.08. The summed E-state index contributed by atoms with van der Waals surface area (Å²) in [6.45, 7) is 7.61. The van der Waals surface area contributed by atoms with Gasteiger partial charge in [0.1, 0.15) is 5.56 Å². The molecular formula is C20H30N2O7. The molecule has 1 amide bonds. The van der Waals surface area contributed by atoms with Crippen LogP contribution in [0.15, 0.2) is 12.1 Å². The van der Waals surface area contributed by atoms with E-state index in [2.05, 4.69) is 19.2 Å². The molecule has 1 rings (SSSR count). The fraction of sp³-hybridized carbons (Fsp3) is 0.600. The maximum absolute atomic E-state index is 12.3. The molecule has 0 saturated carbocycles. The molecule has 0 fully saturated rings. The van der Waals surface area contributed by atoms with Crippen molar-refractivity contribution in [2.45, 2.75) is 53.0 Å². The highest BCUT2D eigenvalue weighted by Gasteiger charge is 2.26. The number of carbonyl (C=O) groups excluding carboxylic acids is 2. The summed E-state index contributed by atoms with van der Waals surface area (Å²) in [7, 11) is 1.35. The summed E-state index contributed by atoms with van der Waals surface area (Å²) in [4.78, 5) is 35.0. The highest BCUT2D eigenvalue weighted by molar-refractivity contribution is 5.96. The number of rotatable bonds is 12. The summed E-state index contributed by atoms with van der Waals surface area (Å²) in [5.41, 5.74) is -0.796. The predicted octanol–water partition coefficient (Wildman–Crippen LogP) is 3.49. The van der Waals surface area contributed by atoms with Gasteiger partial charge in [-0.3, -0.25) is 14.9 Å². The van der Waals surface area contributed by atoms with Crippen molar-refractivity contribution < 1.29 is 28.7 Å². The van der Waals surface area contributed by atoms with Crippen molar-refractivity contribution in [3.8, 4) is 11.5 Å². The van der Waals surface area contributed by atoms with Crippen LogP contribution >= 0.6 is 0 Å². The van der Waals surface area contributed by atoms with E-state index in [1.807, 2.05) is 6.92 Å². The summed E-state index contributed by atoms with van der Waals surface area (Å²) < 4.78 is 15.4. The number of benzene rings is 1. The van der Waals surface area contributed by atoms with E-state index in [1.165, 1.54) is 13.2 Å². The van der Waals surface area contributed by atoms with Gasteiger partial charge in [0.2, 0.25) is 0 Å². The molecule has 0 aliphatic heterocycles. The van der Waals surface area contributed by atoms with Crippen molar-refractivity contribution in [1.29, 1.82) is 0 Å². The van der Waals surface area contributed by atoms with Crippen molar-refractivity contribution in [3.05, 3.63) is 27.8 Å². The summed E-state index contributed by atoms with van der Waals surface area (Å²) >= 11 is 0. The van der Waals surface area contributed by atoms with Crippen LogP contribution in [0.25, 0.3) is 0 Å². The highest BCUT2D eigenvalue weighted by atomic mass is 16.6. The maximum Gasteiger partial charge on any atom is 0.345 e. The lowest BCUT2D eigenvalue weighted by Crippen LogP contribution is -2.35. The number of hydrogen-bond donors (Lipinski definition) is 1. The minimum Gasteiger partial charge on any atom is -0.493 e. The van der Waals surface area contributed by atoms with E-state index in [1.54, 1.807) is 6.92 Å². The minimum atomic E-state index is -0.986. The molecule has 1 aromatic rings. The third kappa shape index (κ3) is 7.97. The lowest BCUT2D eigenvalue weighted by molar-refractivity contribution is -0.385. The fourth-order valence-corrected chi connectivity index (χ4v) is 2.72. The summed E-state index contributed by atoms with van der Waals surface area (Å²) in [5.74, 6) is -0.545. The molecule has 1 aromatic carbocycles. The Balaban J connectivity index is 2.76. The number of nitrogens with one attached hydrogen (secondary N) is 1. The molecule has 9 heteroatoms. The molecule has 0 heterocycles. The Labute approximate surface area is 170 Å². The van der Waals surface area contributed by atoms with Crippen LogP contribution in [-0.4, -0.2) is 43.2 Å². The van der Waals surface area contributed by atoms with Crippen LogP contribution in [0.1, 0.15) is 57.3 Å². The molecule has 0 aromatic heterocycles. The Morgan fingerprint density at radius 2 is 1.86 bits per heavy atom. The van der Waals surface area contributed by atoms with Gasteiger partial charge in [0.25, 0.3) is 11.6 Å². The first kappa shape index (κ1) is 24.2. The zero-order valence-corrected chi connectivity index (χ0v) is 17.6. The molecule has 0 aliphatic carbocycles. The maximum atomic E-state index is 12.3. The molecule has 29 heavy (non-hydrogen) atoms. The van der Waals surface area contributed by atoms with Crippen molar-refractivity contribution in [2.24, 2.45) is 5.92 Å². The molecule has 0 radical (unpaired) electrons. The molecule has 0 saturated heterocycles. The molecule has 9 nitrogen and oxygen atoms in total. The van der Waals surface area contributed by atoms with Gasteiger partial charge in [-0.05, 0) is 26.2 Å². The Kier molecular flexibility index (Phi) is 9.91. The van der Waals surface area contributed by atoms with Crippen molar-refractivity contribution >= 4 is 17.6 Å². The van der Waals surface area contributed by atoms with E-state index in [0.717, 1.165) is 25.3 Å². The Morgan fingerprint density at radius 1 is 1.17 bits per heavy atom.